The number of ketones is 1. The first-order valence-corrected chi connectivity index (χ1v) is 10.5. The van der Waals surface area contributed by atoms with Crippen LogP contribution in [0.5, 0.6) is 5.75 Å². The Balaban J connectivity index is 1.45. The summed E-state index contributed by atoms with van der Waals surface area (Å²) in [5.74, 6) is 0.0242. The number of nitrogens with zero attached hydrogens (tertiary/aromatic N) is 2. The lowest BCUT2D eigenvalue weighted by atomic mass is 10.1. The van der Waals surface area contributed by atoms with E-state index in [9.17, 15) is 4.79 Å². The number of allylic oxidation sites excluding steroid dienone is 1. The Morgan fingerprint density at radius 1 is 1.21 bits per heavy atom. The number of carbonyl (C=O) groups excluding carboxylic acids is 1. The van der Waals surface area contributed by atoms with Gasteiger partial charge in [-0.3, -0.25) is 10.2 Å². The van der Waals surface area contributed by atoms with Crippen molar-refractivity contribution in [2.75, 3.05) is 0 Å². The number of nitriles is 1. The summed E-state index contributed by atoms with van der Waals surface area (Å²) in [6.45, 7) is 0.311. The Morgan fingerprint density at radius 2 is 2.00 bits per heavy atom. The maximum atomic E-state index is 12.7. The van der Waals surface area contributed by atoms with Crippen LogP contribution in [0.2, 0.25) is 0 Å². The van der Waals surface area contributed by atoms with Crippen molar-refractivity contribution in [1.29, 1.82) is 10.7 Å². The summed E-state index contributed by atoms with van der Waals surface area (Å²) >= 11 is 2.58. The van der Waals surface area contributed by atoms with Crippen molar-refractivity contribution in [3.63, 3.8) is 0 Å². The fourth-order valence-electron chi connectivity index (χ4n) is 2.92. The van der Waals surface area contributed by atoms with Crippen molar-refractivity contribution in [3.05, 3.63) is 86.7 Å². The monoisotopic (exact) mass is 417 g/mol. The lowest BCUT2D eigenvalue weighted by Gasteiger charge is -2.08. The third-order valence-electron chi connectivity index (χ3n) is 4.40. The van der Waals surface area contributed by atoms with Crippen molar-refractivity contribution in [2.45, 2.75) is 12.5 Å². The van der Waals surface area contributed by atoms with Crippen LogP contribution in [0, 0.1) is 16.7 Å². The minimum atomic E-state index is -0.575. The van der Waals surface area contributed by atoms with Crippen LogP contribution in [-0.2, 0) is 11.4 Å². The van der Waals surface area contributed by atoms with E-state index in [0.29, 0.717) is 32.9 Å². The Kier molecular flexibility index (Phi) is 5.56. The molecule has 2 heterocycles. The topological polar surface area (TPSA) is 86.8 Å². The fourth-order valence-corrected chi connectivity index (χ4v) is 4.72. The molecule has 0 aliphatic carbocycles. The quantitative estimate of drug-likeness (QED) is 0.590. The van der Waals surface area contributed by atoms with E-state index in [0.717, 1.165) is 11.1 Å². The molecular formula is C22H15N3O2S2. The second kappa shape index (κ2) is 8.43. The average Bonchev–Trinajstić information content (AvgIpc) is 3.35. The highest BCUT2D eigenvalue weighted by atomic mass is 32.2. The first-order valence-electron chi connectivity index (χ1n) is 8.78. The Bertz CT molecular complexity index is 1130. The van der Waals surface area contributed by atoms with Crippen LogP contribution < -0.4 is 4.74 Å². The number of Topliss-reactive ketones (excluding diaryl/α,β-unsaturated/α-hetero) is 1. The molecule has 1 atom stereocenters. The second-order valence-corrected chi connectivity index (χ2v) is 8.28. The van der Waals surface area contributed by atoms with Gasteiger partial charge in [0.2, 0.25) is 0 Å². The van der Waals surface area contributed by atoms with Crippen molar-refractivity contribution >= 4 is 40.0 Å². The summed E-state index contributed by atoms with van der Waals surface area (Å²) in [6.07, 6.45) is 3.45. The second-order valence-electron chi connectivity index (χ2n) is 6.27. The zero-order valence-electron chi connectivity index (χ0n) is 15.2. The molecule has 0 saturated carbocycles. The molecule has 7 heteroatoms. The summed E-state index contributed by atoms with van der Waals surface area (Å²) in [5, 5.41) is 20.1. The van der Waals surface area contributed by atoms with Crippen LogP contribution in [0.15, 0.2) is 65.0 Å². The number of rotatable bonds is 5. The molecule has 1 aromatic heterocycles. The third kappa shape index (κ3) is 4.14. The molecule has 3 aromatic rings. The van der Waals surface area contributed by atoms with Gasteiger partial charge in [0.25, 0.3) is 0 Å². The molecule has 0 amide bonds. The van der Waals surface area contributed by atoms with Gasteiger partial charge in [-0.2, -0.15) is 5.26 Å². The van der Waals surface area contributed by atoms with Crippen LogP contribution in [0.3, 0.4) is 0 Å². The molecule has 1 N–H and O–H groups in total. The van der Waals surface area contributed by atoms with Gasteiger partial charge in [-0.05, 0) is 29.8 Å². The zero-order chi connectivity index (χ0) is 20.2. The summed E-state index contributed by atoms with van der Waals surface area (Å²) in [5.41, 5.74) is 2.29. The van der Waals surface area contributed by atoms with Gasteiger partial charge in [0, 0.05) is 17.1 Å². The highest BCUT2D eigenvalue weighted by Crippen LogP contribution is 2.41. The summed E-state index contributed by atoms with van der Waals surface area (Å²) in [4.78, 5) is 17.4. The lowest BCUT2D eigenvalue weighted by Crippen LogP contribution is -2.11. The third-order valence-corrected chi connectivity index (χ3v) is 6.23. The maximum absolute atomic E-state index is 12.7. The van der Waals surface area contributed by atoms with E-state index in [4.69, 9.17) is 15.4 Å². The summed E-state index contributed by atoms with van der Waals surface area (Å²) in [6, 6.07) is 16.9. The molecule has 4 rings (SSSR count). The minimum absolute atomic E-state index is 0.0802. The van der Waals surface area contributed by atoms with Crippen LogP contribution in [0.4, 0.5) is 0 Å². The molecule has 2 aromatic carbocycles. The van der Waals surface area contributed by atoms with Crippen LogP contribution in [-0.4, -0.2) is 15.8 Å². The predicted molar refractivity (Wildman–Crippen MR) is 115 cm³/mol. The van der Waals surface area contributed by atoms with Gasteiger partial charge in [0.1, 0.15) is 23.3 Å². The van der Waals surface area contributed by atoms with E-state index in [1.54, 1.807) is 18.3 Å². The molecule has 0 radical (unpaired) electrons. The average molecular weight is 418 g/mol. The van der Waals surface area contributed by atoms with Crippen molar-refractivity contribution < 1.29 is 9.53 Å². The smallest absolute Gasteiger partial charge is 0.186 e. The van der Waals surface area contributed by atoms with Crippen LogP contribution >= 0.6 is 23.1 Å². The Hall–Kier alpha value is -3.21. The highest BCUT2D eigenvalue weighted by Gasteiger charge is 2.38. The van der Waals surface area contributed by atoms with Crippen molar-refractivity contribution in [2.24, 2.45) is 0 Å². The molecule has 5 nitrogen and oxygen atoms in total. The number of hydrogen-bond acceptors (Lipinski definition) is 7. The van der Waals surface area contributed by atoms with Gasteiger partial charge in [-0.1, -0.05) is 42.1 Å². The van der Waals surface area contributed by atoms with Gasteiger partial charge in [0.05, 0.1) is 21.6 Å². The molecule has 1 unspecified atom stereocenters. The molecule has 142 valence electrons. The van der Waals surface area contributed by atoms with Crippen LogP contribution in [0.1, 0.15) is 27.6 Å². The molecule has 1 aliphatic heterocycles. The normalized spacial score (nSPS) is 17.5. The summed E-state index contributed by atoms with van der Waals surface area (Å²) in [7, 11) is 0. The number of nitrogens with one attached hydrogen (secondary N) is 1. The van der Waals surface area contributed by atoms with Crippen molar-refractivity contribution in [3.8, 4) is 11.8 Å². The SMILES string of the molecule is N#Cc1ccccc1COc1ccc(C=C2SC(=N)C(c3nccs3)C2=O)cc1. The Labute approximate surface area is 176 Å². The number of thioether (sulfide) groups is 1. The van der Waals surface area contributed by atoms with E-state index in [1.165, 1.54) is 23.1 Å². The van der Waals surface area contributed by atoms with Gasteiger partial charge >= 0.3 is 0 Å². The number of hydrogen-bond donors (Lipinski definition) is 1. The molecular weight excluding hydrogens is 402 g/mol. The van der Waals surface area contributed by atoms with E-state index in [-0.39, 0.29) is 5.78 Å². The fraction of sp³-hybridized carbons (Fsp3) is 0.0909. The summed E-state index contributed by atoms with van der Waals surface area (Å²) < 4.78 is 5.78. The number of carbonyl (C=O) groups is 1. The minimum Gasteiger partial charge on any atom is -0.489 e. The van der Waals surface area contributed by atoms with E-state index >= 15 is 0 Å². The molecule has 0 spiro atoms. The number of benzene rings is 2. The van der Waals surface area contributed by atoms with Gasteiger partial charge < -0.3 is 4.74 Å². The molecule has 1 saturated heterocycles. The first kappa shape index (κ1) is 19.1. The van der Waals surface area contributed by atoms with Crippen molar-refractivity contribution in [1.82, 2.24) is 4.98 Å². The predicted octanol–water partition coefficient (Wildman–Crippen LogP) is 5.01. The molecule has 1 fully saturated rings. The molecule has 0 bridgehead atoms. The van der Waals surface area contributed by atoms with Gasteiger partial charge in [0.15, 0.2) is 5.78 Å². The van der Waals surface area contributed by atoms with E-state index < -0.39 is 5.92 Å². The standard InChI is InChI=1S/C22H15N3O2S2/c23-12-15-3-1-2-4-16(15)13-27-17-7-5-14(6-8-17)11-18-20(26)19(21(24)29-18)22-25-9-10-28-22/h1-11,19,24H,13H2. The highest BCUT2D eigenvalue weighted by molar-refractivity contribution is 8.19. The number of ether oxygens (including phenoxy) is 1. The van der Waals surface area contributed by atoms with E-state index in [1.807, 2.05) is 47.8 Å². The van der Waals surface area contributed by atoms with Gasteiger partial charge in [-0.15, -0.1) is 11.3 Å². The lowest BCUT2D eigenvalue weighted by molar-refractivity contribution is -0.114. The van der Waals surface area contributed by atoms with Crippen LogP contribution in [0.25, 0.3) is 6.08 Å². The zero-order valence-corrected chi connectivity index (χ0v) is 16.8. The molecule has 1 aliphatic rings. The molecule has 29 heavy (non-hydrogen) atoms. The Morgan fingerprint density at radius 3 is 2.72 bits per heavy atom. The maximum Gasteiger partial charge on any atom is 0.186 e. The first-order chi connectivity index (χ1) is 14.2. The van der Waals surface area contributed by atoms with Gasteiger partial charge in [-0.25, -0.2) is 4.98 Å². The van der Waals surface area contributed by atoms with E-state index in [2.05, 4.69) is 11.1 Å². The number of thiazole rings is 1. The number of aromatic nitrogens is 1. The largest absolute Gasteiger partial charge is 0.489 e.